The Bertz CT molecular complexity index is 809. The Labute approximate surface area is 124 Å². The van der Waals surface area contributed by atoms with Gasteiger partial charge in [0, 0.05) is 0 Å². The molecule has 0 heterocycles. The zero-order valence-corrected chi connectivity index (χ0v) is 11.9. The van der Waals surface area contributed by atoms with Crippen molar-refractivity contribution in [1.82, 2.24) is 0 Å². The second-order valence-electron chi connectivity index (χ2n) is 3.99. The van der Waals surface area contributed by atoms with Gasteiger partial charge in [0.25, 0.3) is 5.91 Å². The van der Waals surface area contributed by atoms with E-state index in [4.69, 9.17) is 11.6 Å². The lowest BCUT2D eigenvalue weighted by Gasteiger charge is -2.09. The van der Waals surface area contributed by atoms with Crippen molar-refractivity contribution in [3.8, 4) is 0 Å². The van der Waals surface area contributed by atoms with Crippen molar-refractivity contribution in [2.75, 3.05) is 5.32 Å². The predicted octanol–water partition coefficient (Wildman–Crippen LogP) is 3.39. The van der Waals surface area contributed by atoms with Gasteiger partial charge in [-0.1, -0.05) is 29.8 Å². The molecule has 2 aromatic carbocycles. The molecular formula is C13H8ClF2NO3S. The van der Waals surface area contributed by atoms with Gasteiger partial charge in [-0.25, -0.2) is 4.39 Å². The average molecular weight is 332 g/mol. The molecular weight excluding hydrogens is 324 g/mol. The normalized spacial score (nSPS) is 11.2. The van der Waals surface area contributed by atoms with E-state index < -0.39 is 31.9 Å². The molecule has 1 N–H and O–H groups in total. The summed E-state index contributed by atoms with van der Waals surface area (Å²) in [6.45, 7) is 0. The molecule has 2 aromatic rings. The third-order valence-corrected chi connectivity index (χ3v) is 3.86. The molecule has 0 spiro atoms. The SMILES string of the molecule is O=C(Nc1ccccc1S(=O)(=O)F)c1cccc(F)c1Cl. The first-order valence-corrected chi connectivity index (χ1v) is 7.36. The number of amides is 1. The van der Waals surface area contributed by atoms with Gasteiger partial charge in [0.05, 0.1) is 16.3 Å². The van der Waals surface area contributed by atoms with Crippen molar-refractivity contribution in [1.29, 1.82) is 0 Å². The molecule has 0 radical (unpaired) electrons. The number of nitrogens with one attached hydrogen (secondary N) is 1. The molecule has 0 aliphatic heterocycles. The second kappa shape index (κ2) is 5.79. The minimum Gasteiger partial charge on any atom is -0.321 e. The summed E-state index contributed by atoms with van der Waals surface area (Å²) in [4.78, 5) is 11.3. The van der Waals surface area contributed by atoms with E-state index in [0.717, 1.165) is 12.1 Å². The Balaban J connectivity index is 2.40. The summed E-state index contributed by atoms with van der Waals surface area (Å²) in [5, 5.41) is 1.79. The molecule has 0 aliphatic rings. The number of carbonyl (C=O) groups excluding carboxylic acids is 1. The number of para-hydroxylation sites is 1. The number of rotatable bonds is 3. The highest BCUT2D eigenvalue weighted by Crippen LogP contribution is 2.25. The van der Waals surface area contributed by atoms with Crippen LogP contribution in [0.25, 0.3) is 0 Å². The summed E-state index contributed by atoms with van der Waals surface area (Å²) in [6.07, 6.45) is 0. The predicted molar refractivity (Wildman–Crippen MR) is 74.1 cm³/mol. The van der Waals surface area contributed by atoms with E-state index in [1.54, 1.807) is 0 Å². The Morgan fingerprint density at radius 1 is 1.10 bits per heavy atom. The Morgan fingerprint density at radius 2 is 1.76 bits per heavy atom. The maximum atomic E-state index is 13.3. The molecule has 1 amide bonds. The number of anilines is 1. The van der Waals surface area contributed by atoms with Crippen molar-refractivity contribution < 1.29 is 21.5 Å². The topological polar surface area (TPSA) is 63.2 Å². The second-order valence-corrected chi connectivity index (χ2v) is 5.68. The fraction of sp³-hybridized carbons (Fsp3) is 0. The minimum absolute atomic E-state index is 0.192. The van der Waals surface area contributed by atoms with Crippen LogP contribution in [-0.4, -0.2) is 14.3 Å². The van der Waals surface area contributed by atoms with Crippen molar-refractivity contribution in [2.24, 2.45) is 0 Å². The van der Waals surface area contributed by atoms with Gasteiger partial charge in [0.15, 0.2) is 0 Å². The quantitative estimate of drug-likeness (QED) is 0.877. The summed E-state index contributed by atoms with van der Waals surface area (Å²) in [5.41, 5.74) is -0.451. The lowest BCUT2D eigenvalue weighted by Crippen LogP contribution is -2.14. The summed E-state index contributed by atoms with van der Waals surface area (Å²) in [7, 11) is -5.00. The summed E-state index contributed by atoms with van der Waals surface area (Å²) >= 11 is 5.66. The highest BCUT2D eigenvalue weighted by molar-refractivity contribution is 7.86. The van der Waals surface area contributed by atoms with Crippen LogP contribution in [-0.2, 0) is 10.2 Å². The minimum atomic E-state index is -5.00. The summed E-state index contributed by atoms with van der Waals surface area (Å²) < 4.78 is 48.4. The molecule has 0 aromatic heterocycles. The smallest absolute Gasteiger partial charge is 0.321 e. The van der Waals surface area contributed by atoms with E-state index in [1.807, 2.05) is 0 Å². The van der Waals surface area contributed by atoms with Gasteiger partial charge >= 0.3 is 10.2 Å². The van der Waals surface area contributed by atoms with E-state index >= 15 is 0 Å². The molecule has 110 valence electrons. The van der Waals surface area contributed by atoms with Gasteiger partial charge in [0.1, 0.15) is 10.7 Å². The van der Waals surface area contributed by atoms with Crippen molar-refractivity contribution in [3.63, 3.8) is 0 Å². The number of hydrogen-bond acceptors (Lipinski definition) is 3. The first-order valence-electron chi connectivity index (χ1n) is 5.60. The largest absolute Gasteiger partial charge is 0.334 e. The van der Waals surface area contributed by atoms with Crippen LogP contribution in [0.2, 0.25) is 5.02 Å². The fourth-order valence-corrected chi connectivity index (χ4v) is 2.49. The van der Waals surface area contributed by atoms with E-state index in [0.29, 0.717) is 0 Å². The first-order chi connectivity index (χ1) is 9.80. The lowest BCUT2D eigenvalue weighted by molar-refractivity contribution is 0.102. The Morgan fingerprint density at radius 3 is 2.43 bits per heavy atom. The van der Waals surface area contributed by atoms with Crippen LogP contribution >= 0.6 is 11.6 Å². The Kier molecular flexibility index (Phi) is 4.24. The molecule has 0 bridgehead atoms. The number of benzene rings is 2. The first kappa shape index (κ1) is 15.4. The molecule has 4 nitrogen and oxygen atoms in total. The number of halogens is 3. The molecule has 21 heavy (non-hydrogen) atoms. The van der Waals surface area contributed by atoms with Gasteiger partial charge < -0.3 is 5.32 Å². The monoisotopic (exact) mass is 331 g/mol. The van der Waals surface area contributed by atoms with E-state index in [2.05, 4.69) is 5.32 Å². The third kappa shape index (κ3) is 3.37. The van der Waals surface area contributed by atoms with Crippen molar-refractivity contribution in [2.45, 2.75) is 4.90 Å². The van der Waals surface area contributed by atoms with Crippen LogP contribution < -0.4 is 5.32 Å². The van der Waals surface area contributed by atoms with Gasteiger partial charge in [-0.3, -0.25) is 4.79 Å². The van der Waals surface area contributed by atoms with Crippen molar-refractivity contribution >= 4 is 33.4 Å². The van der Waals surface area contributed by atoms with Crippen LogP contribution in [0.5, 0.6) is 0 Å². The van der Waals surface area contributed by atoms with Crippen molar-refractivity contribution in [3.05, 3.63) is 58.9 Å². The van der Waals surface area contributed by atoms with Crippen LogP contribution in [0.4, 0.5) is 14.0 Å². The Hall–Kier alpha value is -1.99. The number of carbonyl (C=O) groups is 1. The van der Waals surface area contributed by atoms with Crippen LogP contribution in [0, 0.1) is 5.82 Å². The standard InChI is InChI=1S/C13H8ClF2NO3S/c14-12-8(4-3-5-9(12)15)13(18)17-10-6-1-2-7-11(10)21(16,19)20/h1-7H,(H,17,18). The number of hydrogen-bond donors (Lipinski definition) is 1. The molecule has 0 atom stereocenters. The van der Waals surface area contributed by atoms with Gasteiger partial charge in [0.2, 0.25) is 0 Å². The molecule has 0 fully saturated rings. The summed E-state index contributed by atoms with van der Waals surface area (Å²) in [6, 6.07) is 8.52. The maximum absolute atomic E-state index is 13.3. The van der Waals surface area contributed by atoms with Gasteiger partial charge in [-0.2, -0.15) is 8.42 Å². The summed E-state index contributed by atoms with van der Waals surface area (Å²) in [5.74, 6) is -1.65. The molecule has 8 heteroatoms. The molecule has 0 unspecified atom stereocenters. The van der Waals surface area contributed by atoms with Crippen LogP contribution in [0.15, 0.2) is 47.4 Å². The average Bonchev–Trinajstić information content (AvgIpc) is 2.41. The lowest BCUT2D eigenvalue weighted by atomic mass is 10.2. The van der Waals surface area contributed by atoms with Gasteiger partial charge in [-0.05, 0) is 24.3 Å². The van der Waals surface area contributed by atoms with E-state index in [1.165, 1.54) is 30.3 Å². The van der Waals surface area contributed by atoms with E-state index in [9.17, 15) is 21.5 Å². The highest BCUT2D eigenvalue weighted by atomic mass is 35.5. The van der Waals surface area contributed by atoms with Gasteiger partial charge in [-0.15, -0.1) is 3.89 Å². The van der Waals surface area contributed by atoms with Crippen LogP contribution in [0.1, 0.15) is 10.4 Å². The highest BCUT2D eigenvalue weighted by Gasteiger charge is 2.20. The third-order valence-electron chi connectivity index (χ3n) is 2.59. The van der Waals surface area contributed by atoms with E-state index in [-0.39, 0.29) is 11.3 Å². The molecule has 0 saturated heterocycles. The maximum Gasteiger partial charge on any atom is 0.334 e. The molecule has 0 aliphatic carbocycles. The molecule has 0 saturated carbocycles. The molecule has 2 rings (SSSR count). The zero-order chi connectivity index (χ0) is 15.6. The fourth-order valence-electron chi connectivity index (χ4n) is 1.65. The zero-order valence-electron chi connectivity index (χ0n) is 10.3. The van der Waals surface area contributed by atoms with Crippen LogP contribution in [0.3, 0.4) is 0 Å².